The monoisotopic (exact) mass is 439 g/mol. The minimum Gasteiger partial charge on any atom is -0.404 e. The first-order chi connectivity index (χ1) is 15.0. The number of rotatable bonds is 7. The molecular weight excluding hydrogens is 417 g/mol. The van der Waals surface area contributed by atoms with Crippen molar-refractivity contribution in [2.24, 2.45) is 0 Å². The summed E-state index contributed by atoms with van der Waals surface area (Å²) < 4.78 is 27.4. The molecule has 3 aromatic carbocycles. The minimum absolute atomic E-state index is 0.0550. The fourth-order valence-electron chi connectivity index (χ4n) is 3.35. The highest BCUT2D eigenvalue weighted by Gasteiger charge is 2.39. The maximum absolute atomic E-state index is 13.9. The van der Waals surface area contributed by atoms with Crippen LogP contribution in [0.15, 0.2) is 84.9 Å². The van der Waals surface area contributed by atoms with Crippen molar-refractivity contribution >= 4 is 19.1 Å². The van der Waals surface area contributed by atoms with E-state index >= 15 is 0 Å². The van der Waals surface area contributed by atoms with Crippen LogP contribution in [0.3, 0.4) is 0 Å². The molecule has 9 heteroatoms. The average Bonchev–Trinajstić information content (AvgIpc) is 2.80. The third-order valence-corrected chi connectivity index (χ3v) is 6.93. The molecule has 1 fully saturated rings. The first-order valence-electron chi connectivity index (χ1n) is 9.88. The molecule has 0 saturated carbocycles. The lowest BCUT2D eigenvalue weighted by atomic mass is 10.2. The van der Waals surface area contributed by atoms with Crippen molar-refractivity contribution in [3.05, 3.63) is 95.0 Å². The van der Waals surface area contributed by atoms with Crippen LogP contribution in [0.25, 0.3) is 0 Å². The van der Waals surface area contributed by atoms with Gasteiger partial charge in [0.1, 0.15) is 11.5 Å². The van der Waals surface area contributed by atoms with Crippen molar-refractivity contribution in [2.45, 2.75) is 0 Å². The molecule has 1 saturated heterocycles. The Balaban J connectivity index is 1.50. The molecule has 0 radical (unpaired) electrons. The number of hydrogen-bond acceptors (Lipinski definition) is 6. The van der Waals surface area contributed by atoms with Crippen molar-refractivity contribution in [3.63, 3.8) is 0 Å². The molecule has 8 nitrogen and oxygen atoms in total. The van der Waals surface area contributed by atoms with E-state index < -0.39 is 12.7 Å². The van der Waals surface area contributed by atoms with Gasteiger partial charge in [0.05, 0.1) is 4.92 Å². The van der Waals surface area contributed by atoms with Crippen LogP contribution in [0.2, 0.25) is 0 Å². The maximum atomic E-state index is 13.9. The van der Waals surface area contributed by atoms with Gasteiger partial charge in [-0.15, -0.1) is 0 Å². The molecule has 160 valence electrons. The molecule has 1 aliphatic heterocycles. The van der Waals surface area contributed by atoms with Crippen molar-refractivity contribution in [2.75, 3.05) is 31.1 Å². The molecule has 0 amide bonds. The second kappa shape index (κ2) is 9.20. The Labute approximate surface area is 180 Å². The van der Waals surface area contributed by atoms with E-state index in [1.54, 1.807) is 41.1 Å². The molecule has 0 unspecified atom stereocenters. The first kappa shape index (κ1) is 20.9. The standard InChI is InChI=1S/C22H22N3O5P/c26-25(27)20-13-11-19(12-14-20)23-15-17-24(18-16-23)31(28,29-21-7-3-1-4-8-21)30-22-9-5-2-6-10-22/h1-14H,15-18H2. The molecule has 4 rings (SSSR count). The number of nitrogens with zero attached hydrogens (tertiary/aromatic N) is 3. The molecule has 0 bridgehead atoms. The van der Waals surface area contributed by atoms with Gasteiger partial charge in [-0.05, 0) is 36.4 Å². The number of piperazine rings is 1. The number of nitro benzene ring substituents is 1. The molecule has 0 atom stereocenters. The zero-order valence-corrected chi connectivity index (χ0v) is 17.6. The van der Waals surface area contributed by atoms with Gasteiger partial charge in [-0.2, -0.15) is 4.67 Å². The predicted octanol–water partition coefficient (Wildman–Crippen LogP) is 4.98. The van der Waals surface area contributed by atoms with E-state index in [1.165, 1.54) is 12.1 Å². The molecule has 0 aliphatic carbocycles. The van der Waals surface area contributed by atoms with Crippen LogP contribution in [-0.2, 0) is 4.57 Å². The van der Waals surface area contributed by atoms with Gasteiger partial charge in [0.25, 0.3) is 5.69 Å². The highest BCUT2D eigenvalue weighted by atomic mass is 31.2. The van der Waals surface area contributed by atoms with Gasteiger partial charge < -0.3 is 13.9 Å². The number of benzene rings is 3. The normalized spacial score (nSPS) is 14.8. The van der Waals surface area contributed by atoms with Crippen LogP contribution >= 0.6 is 7.75 Å². The Morgan fingerprint density at radius 3 is 1.68 bits per heavy atom. The molecular formula is C22H22N3O5P. The van der Waals surface area contributed by atoms with E-state index in [9.17, 15) is 14.7 Å². The van der Waals surface area contributed by atoms with Crippen molar-refractivity contribution in [1.29, 1.82) is 0 Å². The summed E-state index contributed by atoms with van der Waals surface area (Å²) in [6, 6.07) is 24.4. The molecule has 0 spiro atoms. The van der Waals surface area contributed by atoms with E-state index in [2.05, 4.69) is 4.90 Å². The van der Waals surface area contributed by atoms with E-state index in [-0.39, 0.29) is 5.69 Å². The van der Waals surface area contributed by atoms with Gasteiger partial charge in [-0.1, -0.05) is 36.4 Å². The number of hydrogen-bond donors (Lipinski definition) is 0. The van der Waals surface area contributed by atoms with Crippen LogP contribution in [0.4, 0.5) is 11.4 Å². The van der Waals surface area contributed by atoms with Crippen LogP contribution in [0, 0.1) is 10.1 Å². The topological polar surface area (TPSA) is 85.2 Å². The van der Waals surface area contributed by atoms with Crippen molar-refractivity contribution in [1.82, 2.24) is 4.67 Å². The number of anilines is 1. The van der Waals surface area contributed by atoms with E-state index in [1.807, 2.05) is 36.4 Å². The van der Waals surface area contributed by atoms with Crippen LogP contribution in [0.5, 0.6) is 11.5 Å². The third kappa shape index (κ3) is 5.05. The van der Waals surface area contributed by atoms with Gasteiger partial charge in [0.15, 0.2) is 0 Å². The van der Waals surface area contributed by atoms with Gasteiger partial charge >= 0.3 is 7.75 Å². The molecule has 31 heavy (non-hydrogen) atoms. The lowest BCUT2D eigenvalue weighted by Crippen LogP contribution is -2.46. The Bertz CT molecular complexity index is 1010. The third-order valence-electron chi connectivity index (χ3n) is 4.96. The van der Waals surface area contributed by atoms with Crippen molar-refractivity contribution < 1.29 is 18.5 Å². The highest BCUT2D eigenvalue weighted by molar-refractivity contribution is 7.52. The fourth-order valence-corrected chi connectivity index (χ4v) is 5.06. The number of para-hydroxylation sites is 2. The van der Waals surface area contributed by atoms with Gasteiger partial charge in [0.2, 0.25) is 0 Å². The zero-order chi connectivity index (χ0) is 21.7. The van der Waals surface area contributed by atoms with Crippen LogP contribution in [0.1, 0.15) is 0 Å². The number of nitro groups is 1. The minimum atomic E-state index is -3.66. The van der Waals surface area contributed by atoms with Gasteiger partial charge in [-0.25, -0.2) is 4.57 Å². The highest BCUT2D eigenvalue weighted by Crippen LogP contribution is 2.52. The Kier molecular flexibility index (Phi) is 6.21. The predicted molar refractivity (Wildman–Crippen MR) is 119 cm³/mol. The van der Waals surface area contributed by atoms with Gasteiger partial charge in [0, 0.05) is 44.0 Å². The lowest BCUT2D eigenvalue weighted by Gasteiger charge is -2.38. The second-order valence-corrected chi connectivity index (χ2v) is 8.86. The first-order valence-corrected chi connectivity index (χ1v) is 11.4. The quantitative estimate of drug-likeness (QED) is 0.291. The zero-order valence-electron chi connectivity index (χ0n) is 16.7. The van der Waals surface area contributed by atoms with Crippen LogP contribution in [-0.4, -0.2) is 35.8 Å². The Morgan fingerprint density at radius 1 is 0.742 bits per heavy atom. The summed E-state index contributed by atoms with van der Waals surface area (Å²) in [4.78, 5) is 12.5. The maximum Gasteiger partial charge on any atom is 0.515 e. The largest absolute Gasteiger partial charge is 0.515 e. The van der Waals surface area contributed by atoms with E-state index in [0.29, 0.717) is 37.7 Å². The lowest BCUT2D eigenvalue weighted by molar-refractivity contribution is -0.384. The Hall–Kier alpha value is -3.35. The summed E-state index contributed by atoms with van der Waals surface area (Å²) in [5, 5.41) is 10.9. The molecule has 1 heterocycles. The summed E-state index contributed by atoms with van der Waals surface area (Å²) >= 11 is 0. The molecule has 0 aromatic heterocycles. The van der Waals surface area contributed by atoms with E-state index in [0.717, 1.165) is 5.69 Å². The molecule has 1 aliphatic rings. The summed E-state index contributed by atoms with van der Waals surface area (Å²) in [7, 11) is -3.66. The van der Waals surface area contributed by atoms with Crippen LogP contribution < -0.4 is 13.9 Å². The summed E-state index contributed by atoms with van der Waals surface area (Å²) in [5.74, 6) is 0.944. The second-order valence-electron chi connectivity index (χ2n) is 6.99. The van der Waals surface area contributed by atoms with Gasteiger partial charge in [-0.3, -0.25) is 10.1 Å². The molecule has 0 N–H and O–H groups in total. The SMILES string of the molecule is O=[N+]([O-])c1ccc(N2CCN(P(=O)(Oc3ccccc3)Oc3ccccc3)CC2)cc1. The summed E-state index contributed by atoms with van der Waals surface area (Å²) in [6.07, 6.45) is 0. The Morgan fingerprint density at radius 2 is 1.23 bits per heavy atom. The van der Waals surface area contributed by atoms with E-state index in [4.69, 9.17) is 9.05 Å². The molecule has 3 aromatic rings. The number of non-ortho nitro benzene ring substituents is 1. The summed E-state index contributed by atoms with van der Waals surface area (Å²) in [6.45, 7) is 2.07. The summed E-state index contributed by atoms with van der Waals surface area (Å²) in [5.41, 5.74) is 0.937. The average molecular weight is 439 g/mol. The fraction of sp³-hybridized carbons (Fsp3) is 0.182. The van der Waals surface area contributed by atoms with Crippen molar-refractivity contribution in [3.8, 4) is 11.5 Å². The smallest absolute Gasteiger partial charge is 0.404 e.